The molecule has 1 aliphatic rings. The van der Waals surface area contributed by atoms with Crippen LogP contribution >= 0.6 is 0 Å². The van der Waals surface area contributed by atoms with Crippen LogP contribution in [0.15, 0.2) is 6.07 Å². The fourth-order valence-corrected chi connectivity index (χ4v) is 2.41. The second kappa shape index (κ2) is 6.42. The molecule has 0 spiro atoms. The van der Waals surface area contributed by atoms with Crippen LogP contribution in [0.1, 0.15) is 51.1 Å². The molecule has 0 aliphatic heterocycles. The Balaban J connectivity index is 1.78. The summed E-state index contributed by atoms with van der Waals surface area (Å²) >= 11 is 0. The normalized spacial score (nSPS) is 16.5. The van der Waals surface area contributed by atoms with Crippen LogP contribution in [0.3, 0.4) is 0 Å². The van der Waals surface area contributed by atoms with Crippen molar-refractivity contribution in [3.8, 4) is 0 Å². The average Bonchev–Trinajstić information content (AvgIpc) is 2.78. The first kappa shape index (κ1) is 12.9. The lowest BCUT2D eigenvalue weighted by Gasteiger charge is -2.22. The molecular formula is C13H22N4O. The number of aryl methyl sites for hydroxylation is 1. The lowest BCUT2D eigenvalue weighted by Crippen LogP contribution is -2.39. The van der Waals surface area contributed by atoms with Crippen molar-refractivity contribution < 1.29 is 4.79 Å². The highest BCUT2D eigenvalue weighted by Crippen LogP contribution is 2.17. The predicted molar refractivity (Wildman–Crippen MR) is 71.6 cm³/mol. The number of aromatic amines is 1. The number of carbonyl (C=O) groups is 1. The van der Waals surface area contributed by atoms with Crippen molar-refractivity contribution in [2.45, 2.75) is 57.9 Å². The zero-order chi connectivity index (χ0) is 12.8. The minimum absolute atomic E-state index is 0.142. The molecule has 1 aromatic rings. The van der Waals surface area contributed by atoms with Crippen LogP contribution in [-0.4, -0.2) is 22.3 Å². The van der Waals surface area contributed by atoms with Crippen molar-refractivity contribution in [3.63, 3.8) is 0 Å². The zero-order valence-electron chi connectivity index (χ0n) is 11.0. The highest BCUT2D eigenvalue weighted by Gasteiger charge is 2.15. The Hall–Kier alpha value is -1.52. The van der Waals surface area contributed by atoms with Gasteiger partial charge in [0.25, 0.3) is 0 Å². The summed E-state index contributed by atoms with van der Waals surface area (Å²) in [5, 5.41) is 12.8. The fraction of sp³-hybridized carbons (Fsp3) is 0.692. The van der Waals surface area contributed by atoms with Crippen LogP contribution in [-0.2, 0) is 6.42 Å². The molecule has 0 atom stereocenters. The molecule has 1 aliphatic carbocycles. The average molecular weight is 250 g/mol. The second-order valence-corrected chi connectivity index (χ2v) is 4.96. The van der Waals surface area contributed by atoms with Crippen molar-refractivity contribution in [3.05, 3.63) is 11.8 Å². The van der Waals surface area contributed by atoms with Crippen LogP contribution in [0.25, 0.3) is 0 Å². The Labute approximate surface area is 108 Å². The van der Waals surface area contributed by atoms with Gasteiger partial charge in [-0.3, -0.25) is 10.4 Å². The van der Waals surface area contributed by atoms with Gasteiger partial charge in [0.2, 0.25) is 0 Å². The maximum absolute atomic E-state index is 11.8. The van der Waals surface area contributed by atoms with Gasteiger partial charge in [-0.05, 0) is 19.3 Å². The molecule has 0 bridgehead atoms. The van der Waals surface area contributed by atoms with Crippen molar-refractivity contribution >= 4 is 11.8 Å². The Morgan fingerprint density at radius 2 is 2.22 bits per heavy atom. The number of hydrogen-bond donors (Lipinski definition) is 3. The highest BCUT2D eigenvalue weighted by molar-refractivity contribution is 5.88. The van der Waals surface area contributed by atoms with Gasteiger partial charge in [-0.25, -0.2) is 4.79 Å². The van der Waals surface area contributed by atoms with Gasteiger partial charge < -0.3 is 5.32 Å². The molecule has 100 valence electrons. The molecule has 2 amide bonds. The maximum atomic E-state index is 11.8. The number of H-pyrrole nitrogens is 1. The van der Waals surface area contributed by atoms with E-state index in [-0.39, 0.29) is 6.03 Å². The Morgan fingerprint density at radius 3 is 2.94 bits per heavy atom. The zero-order valence-corrected chi connectivity index (χ0v) is 11.0. The lowest BCUT2D eigenvalue weighted by molar-refractivity contribution is 0.244. The quantitative estimate of drug-likeness (QED) is 0.769. The van der Waals surface area contributed by atoms with E-state index in [0.717, 1.165) is 31.4 Å². The summed E-state index contributed by atoms with van der Waals surface area (Å²) in [4.78, 5) is 11.8. The summed E-state index contributed by atoms with van der Waals surface area (Å²) in [5.41, 5.74) is 1.06. The number of rotatable bonds is 4. The van der Waals surface area contributed by atoms with Gasteiger partial charge in [0.05, 0.1) is 0 Å². The summed E-state index contributed by atoms with van der Waals surface area (Å²) in [7, 11) is 0. The molecule has 2 rings (SSSR count). The standard InChI is InChI=1S/C13H22N4O/c1-2-6-11-9-12(17-16-11)15-13(18)14-10-7-4-3-5-8-10/h9-10H,2-8H2,1H3,(H3,14,15,16,17,18). The molecule has 3 N–H and O–H groups in total. The molecule has 0 radical (unpaired) electrons. The van der Waals surface area contributed by atoms with Crippen molar-refractivity contribution in [1.29, 1.82) is 0 Å². The molecule has 0 saturated heterocycles. The van der Waals surface area contributed by atoms with E-state index in [4.69, 9.17) is 0 Å². The summed E-state index contributed by atoms with van der Waals surface area (Å²) in [5.74, 6) is 0.603. The van der Waals surface area contributed by atoms with E-state index in [9.17, 15) is 4.79 Å². The number of anilines is 1. The number of amides is 2. The minimum Gasteiger partial charge on any atom is -0.335 e. The first-order valence-corrected chi connectivity index (χ1v) is 6.89. The number of carbonyl (C=O) groups excluding carboxylic acids is 1. The minimum atomic E-state index is -0.142. The summed E-state index contributed by atoms with van der Waals surface area (Å²) in [6, 6.07) is 2.08. The van der Waals surface area contributed by atoms with Crippen LogP contribution < -0.4 is 10.6 Å². The third kappa shape index (κ3) is 3.75. The molecule has 1 saturated carbocycles. The van der Waals surface area contributed by atoms with Crippen LogP contribution in [0.5, 0.6) is 0 Å². The first-order chi connectivity index (χ1) is 8.78. The molecule has 5 heteroatoms. The van der Waals surface area contributed by atoms with E-state index in [2.05, 4.69) is 27.8 Å². The number of urea groups is 1. The summed E-state index contributed by atoms with van der Waals surface area (Å²) in [6.07, 6.45) is 7.93. The third-order valence-corrected chi connectivity index (χ3v) is 3.33. The largest absolute Gasteiger partial charge is 0.335 e. The van der Waals surface area contributed by atoms with Gasteiger partial charge in [0.1, 0.15) is 0 Å². The van der Waals surface area contributed by atoms with Gasteiger partial charge in [-0.15, -0.1) is 0 Å². The van der Waals surface area contributed by atoms with E-state index < -0.39 is 0 Å². The van der Waals surface area contributed by atoms with Crippen LogP contribution in [0.4, 0.5) is 10.6 Å². The van der Waals surface area contributed by atoms with E-state index in [1.807, 2.05) is 6.07 Å². The first-order valence-electron chi connectivity index (χ1n) is 6.89. The topological polar surface area (TPSA) is 69.8 Å². The van der Waals surface area contributed by atoms with Gasteiger partial charge in [0.15, 0.2) is 5.82 Å². The van der Waals surface area contributed by atoms with Crippen molar-refractivity contribution in [1.82, 2.24) is 15.5 Å². The molecule has 0 aromatic carbocycles. The highest BCUT2D eigenvalue weighted by atomic mass is 16.2. The van der Waals surface area contributed by atoms with Crippen LogP contribution in [0.2, 0.25) is 0 Å². The van der Waals surface area contributed by atoms with Gasteiger partial charge in [-0.2, -0.15) is 5.10 Å². The third-order valence-electron chi connectivity index (χ3n) is 3.33. The molecule has 1 heterocycles. The maximum Gasteiger partial charge on any atom is 0.320 e. The molecular weight excluding hydrogens is 228 g/mol. The second-order valence-electron chi connectivity index (χ2n) is 4.96. The number of nitrogens with zero attached hydrogens (tertiary/aromatic N) is 1. The summed E-state index contributed by atoms with van der Waals surface area (Å²) < 4.78 is 0. The SMILES string of the molecule is CCCc1cc(NC(=O)NC2CCCCC2)n[nH]1. The number of hydrogen-bond acceptors (Lipinski definition) is 2. The van der Waals surface area contributed by atoms with E-state index in [0.29, 0.717) is 11.9 Å². The molecule has 1 fully saturated rings. The number of aromatic nitrogens is 2. The van der Waals surface area contributed by atoms with Crippen molar-refractivity contribution in [2.75, 3.05) is 5.32 Å². The fourth-order valence-electron chi connectivity index (χ4n) is 2.41. The van der Waals surface area contributed by atoms with Crippen LogP contribution in [0, 0.1) is 0 Å². The summed E-state index contributed by atoms with van der Waals surface area (Å²) in [6.45, 7) is 2.11. The van der Waals surface area contributed by atoms with E-state index in [1.54, 1.807) is 0 Å². The smallest absolute Gasteiger partial charge is 0.320 e. The number of nitrogens with one attached hydrogen (secondary N) is 3. The van der Waals surface area contributed by atoms with Gasteiger partial charge in [0, 0.05) is 17.8 Å². The lowest BCUT2D eigenvalue weighted by atomic mass is 9.96. The van der Waals surface area contributed by atoms with Crippen molar-refractivity contribution in [2.24, 2.45) is 0 Å². The Bertz CT molecular complexity index is 382. The van der Waals surface area contributed by atoms with E-state index >= 15 is 0 Å². The Kier molecular flexibility index (Phi) is 4.61. The predicted octanol–water partition coefficient (Wildman–Crippen LogP) is 2.82. The molecule has 1 aromatic heterocycles. The van der Waals surface area contributed by atoms with Gasteiger partial charge >= 0.3 is 6.03 Å². The van der Waals surface area contributed by atoms with Gasteiger partial charge in [-0.1, -0.05) is 32.6 Å². The molecule has 18 heavy (non-hydrogen) atoms. The Morgan fingerprint density at radius 1 is 1.44 bits per heavy atom. The van der Waals surface area contributed by atoms with E-state index in [1.165, 1.54) is 19.3 Å². The molecule has 5 nitrogen and oxygen atoms in total. The monoisotopic (exact) mass is 250 g/mol. The molecule has 0 unspecified atom stereocenters.